The third kappa shape index (κ3) is 5.06. The quantitative estimate of drug-likeness (QED) is 0.318. The van der Waals surface area contributed by atoms with E-state index in [2.05, 4.69) is 31.2 Å². The van der Waals surface area contributed by atoms with E-state index in [0.29, 0.717) is 15.8 Å². The highest BCUT2D eigenvalue weighted by Crippen LogP contribution is 2.38. The molecule has 0 N–H and O–H groups in total. The van der Waals surface area contributed by atoms with Gasteiger partial charge in [-0.2, -0.15) is 0 Å². The average molecular weight is 446 g/mol. The van der Waals surface area contributed by atoms with Crippen LogP contribution < -0.4 is 4.74 Å². The Balaban J connectivity index is 1.48. The van der Waals surface area contributed by atoms with Gasteiger partial charge in [-0.1, -0.05) is 96.3 Å². The maximum atomic E-state index is 13.1. The van der Waals surface area contributed by atoms with Crippen molar-refractivity contribution in [1.29, 1.82) is 0 Å². The zero-order chi connectivity index (χ0) is 21.8. The molecule has 4 rings (SSSR count). The van der Waals surface area contributed by atoms with Crippen molar-refractivity contribution in [2.45, 2.75) is 26.5 Å². The number of ether oxygens (including phenoxy) is 1. The number of nitrogens with zero attached hydrogens (tertiary/aromatic N) is 1. The minimum Gasteiger partial charge on any atom is -0.489 e. The summed E-state index contributed by atoms with van der Waals surface area (Å²) in [4.78, 5) is 15.4. The standard InChI is InChI=1S/C26H23NO2S2/c1-18-11-13-20(14-12-18)17-29-23-10-6-7-21(15-23)16-24-25(28)27(26(30)31-24)19(2)22-8-4-3-5-9-22/h3-16,19H,17H2,1-2H3/b24-16-. The molecule has 0 aromatic heterocycles. The Kier molecular flexibility index (Phi) is 6.54. The van der Waals surface area contributed by atoms with Crippen LogP contribution in [0.15, 0.2) is 83.8 Å². The maximum absolute atomic E-state index is 13.1. The molecule has 3 aromatic rings. The van der Waals surface area contributed by atoms with Gasteiger partial charge in [0.1, 0.15) is 16.7 Å². The lowest BCUT2D eigenvalue weighted by Crippen LogP contribution is -2.30. The Hall–Kier alpha value is -2.89. The van der Waals surface area contributed by atoms with Gasteiger partial charge in [0, 0.05) is 0 Å². The van der Waals surface area contributed by atoms with Crippen LogP contribution >= 0.6 is 24.0 Å². The third-order valence-electron chi connectivity index (χ3n) is 5.17. The number of hydrogen-bond acceptors (Lipinski definition) is 4. The van der Waals surface area contributed by atoms with Crippen LogP contribution in [-0.2, 0) is 11.4 Å². The number of thioether (sulfide) groups is 1. The molecule has 156 valence electrons. The number of aryl methyl sites for hydroxylation is 1. The highest BCUT2D eigenvalue weighted by Gasteiger charge is 2.35. The molecule has 1 amide bonds. The van der Waals surface area contributed by atoms with Crippen LogP contribution in [0.1, 0.15) is 35.2 Å². The first-order valence-corrected chi connectivity index (χ1v) is 11.3. The smallest absolute Gasteiger partial charge is 0.266 e. The molecule has 3 aromatic carbocycles. The summed E-state index contributed by atoms with van der Waals surface area (Å²) in [5.74, 6) is 0.708. The van der Waals surface area contributed by atoms with Crippen molar-refractivity contribution >= 4 is 40.3 Å². The van der Waals surface area contributed by atoms with Crippen LogP contribution in [-0.4, -0.2) is 15.1 Å². The summed E-state index contributed by atoms with van der Waals surface area (Å²) in [6.45, 7) is 4.57. The molecule has 3 nitrogen and oxygen atoms in total. The van der Waals surface area contributed by atoms with Crippen LogP contribution in [0.3, 0.4) is 0 Å². The highest BCUT2D eigenvalue weighted by atomic mass is 32.2. The Morgan fingerprint density at radius 1 is 1.03 bits per heavy atom. The zero-order valence-corrected chi connectivity index (χ0v) is 19.1. The van der Waals surface area contributed by atoms with E-state index in [1.165, 1.54) is 17.3 Å². The van der Waals surface area contributed by atoms with Gasteiger partial charge >= 0.3 is 0 Å². The van der Waals surface area contributed by atoms with E-state index in [1.807, 2.05) is 67.6 Å². The summed E-state index contributed by atoms with van der Waals surface area (Å²) in [7, 11) is 0. The first-order chi connectivity index (χ1) is 15.0. The lowest BCUT2D eigenvalue weighted by Gasteiger charge is -2.23. The first kappa shape index (κ1) is 21.3. The molecular weight excluding hydrogens is 422 g/mol. The van der Waals surface area contributed by atoms with Gasteiger partial charge in [0.2, 0.25) is 0 Å². The fraction of sp³-hybridized carbons (Fsp3) is 0.154. The highest BCUT2D eigenvalue weighted by molar-refractivity contribution is 8.26. The lowest BCUT2D eigenvalue weighted by molar-refractivity contribution is -0.123. The molecule has 1 aliphatic rings. The third-order valence-corrected chi connectivity index (χ3v) is 6.51. The predicted octanol–water partition coefficient (Wildman–Crippen LogP) is 6.54. The van der Waals surface area contributed by atoms with E-state index in [1.54, 1.807) is 4.90 Å². The summed E-state index contributed by atoms with van der Waals surface area (Å²) in [5.41, 5.74) is 4.32. The van der Waals surface area contributed by atoms with Crippen molar-refractivity contribution in [2.75, 3.05) is 0 Å². The molecule has 5 heteroatoms. The van der Waals surface area contributed by atoms with Crippen molar-refractivity contribution in [1.82, 2.24) is 4.90 Å². The monoisotopic (exact) mass is 445 g/mol. The maximum Gasteiger partial charge on any atom is 0.266 e. The molecule has 1 aliphatic heterocycles. The number of thiocarbonyl (C=S) groups is 1. The molecular formula is C26H23NO2S2. The molecule has 1 fully saturated rings. The zero-order valence-electron chi connectivity index (χ0n) is 17.4. The normalized spacial score (nSPS) is 16.1. The van der Waals surface area contributed by atoms with Crippen LogP contribution in [0.5, 0.6) is 5.75 Å². The Labute approximate surface area is 192 Å². The first-order valence-electron chi connectivity index (χ1n) is 10.1. The van der Waals surface area contributed by atoms with Gasteiger partial charge in [0.05, 0.1) is 10.9 Å². The van der Waals surface area contributed by atoms with Crippen molar-refractivity contribution in [3.63, 3.8) is 0 Å². The number of amides is 1. The van der Waals surface area contributed by atoms with E-state index in [0.717, 1.165) is 22.4 Å². The Morgan fingerprint density at radius 3 is 2.52 bits per heavy atom. The van der Waals surface area contributed by atoms with E-state index in [4.69, 9.17) is 17.0 Å². The molecule has 0 bridgehead atoms. The molecule has 0 radical (unpaired) electrons. The largest absolute Gasteiger partial charge is 0.489 e. The van der Waals surface area contributed by atoms with Gasteiger partial charge in [0.25, 0.3) is 5.91 Å². The summed E-state index contributed by atoms with van der Waals surface area (Å²) in [6.07, 6.45) is 1.88. The fourth-order valence-corrected chi connectivity index (χ4v) is 4.81. The molecule has 1 heterocycles. The lowest BCUT2D eigenvalue weighted by atomic mass is 10.1. The molecule has 0 spiro atoms. The predicted molar refractivity (Wildman–Crippen MR) is 132 cm³/mol. The van der Waals surface area contributed by atoms with Crippen LogP contribution in [0.25, 0.3) is 6.08 Å². The van der Waals surface area contributed by atoms with E-state index < -0.39 is 0 Å². The van der Waals surface area contributed by atoms with Crippen molar-refractivity contribution < 1.29 is 9.53 Å². The summed E-state index contributed by atoms with van der Waals surface area (Å²) in [5, 5.41) is 0. The van der Waals surface area contributed by atoms with Gasteiger partial charge in [0.15, 0.2) is 0 Å². The fourth-order valence-electron chi connectivity index (χ4n) is 3.39. The van der Waals surface area contributed by atoms with Crippen LogP contribution in [0.2, 0.25) is 0 Å². The molecule has 0 saturated carbocycles. The van der Waals surface area contributed by atoms with Crippen molar-refractivity contribution in [3.8, 4) is 5.75 Å². The van der Waals surface area contributed by atoms with Crippen LogP contribution in [0, 0.1) is 6.92 Å². The molecule has 1 saturated heterocycles. The van der Waals surface area contributed by atoms with Gasteiger partial charge in [-0.25, -0.2) is 0 Å². The molecule has 1 unspecified atom stereocenters. The summed E-state index contributed by atoms with van der Waals surface area (Å²) >= 11 is 6.87. The number of rotatable bonds is 6. The second-order valence-corrected chi connectivity index (χ2v) is 9.16. The molecule has 1 atom stereocenters. The Morgan fingerprint density at radius 2 is 1.77 bits per heavy atom. The topological polar surface area (TPSA) is 29.5 Å². The van der Waals surface area contributed by atoms with E-state index in [9.17, 15) is 4.79 Å². The Bertz CT molecular complexity index is 1120. The van der Waals surface area contributed by atoms with Crippen LogP contribution in [0.4, 0.5) is 0 Å². The van der Waals surface area contributed by atoms with Crippen molar-refractivity contribution in [2.24, 2.45) is 0 Å². The minimum absolute atomic E-state index is 0.0580. The van der Waals surface area contributed by atoms with Gasteiger partial charge in [-0.05, 0) is 48.7 Å². The van der Waals surface area contributed by atoms with E-state index in [-0.39, 0.29) is 11.9 Å². The summed E-state index contributed by atoms with van der Waals surface area (Å²) in [6, 6.07) is 25.9. The average Bonchev–Trinajstić information content (AvgIpc) is 3.06. The van der Waals surface area contributed by atoms with Crippen molar-refractivity contribution in [3.05, 3.63) is 106 Å². The number of carbonyl (C=O) groups excluding carboxylic acids is 1. The second-order valence-electron chi connectivity index (χ2n) is 7.49. The SMILES string of the molecule is Cc1ccc(COc2cccc(/C=C3\SC(=S)N(C(C)c4ccccc4)C3=O)c2)cc1. The van der Waals surface area contributed by atoms with E-state index >= 15 is 0 Å². The number of carbonyl (C=O) groups is 1. The second kappa shape index (κ2) is 9.50. The van der Waals surface area contributed by atoms with Gasteiger partial charge < -0.3 is 4.74 Å². The minimum atomic E-state index is -0.108. The molecule has 0 aliphatic carbocycles. The van der Waals surface area contributed by atoms with Gasteiger partial charge in [-0.15, -0.1) is 0 Å². The summed E-state index contributed by atoms with van der Waals surface area (Å²) < 4.78 is 6.53. The number of hydrogen-bond donors (Lipinski definition) is 0. The number of benzene rings is 3. The van der Waals surface area contributed by atoms with Gasteiger partial charge in [-0.3, -0.25) is 9.69 Å². The molecule has 31 heavy (non-hydrogen) atoms.